The Bertz CT molecular complexity index is 879. The highest BCUT2D eigenvalue weighted by Gasteiger charge is 2.10. The Morgan fingerprint density at radius 3 is 2.60 bits per heavy atom. The molecule has 0 saturated carbocycles. The summed E-state index contributed by atoms with van der Waals surface area (Å²) in [7, 11) is 1.65. The van der Waals surface area contributed by atoms with Crippen LogP contribution in [-0.2, 0) is 13.6 Å². The second-order valence-corrected chi connectivity index (χ2v) is 4.61. The Morgan fingerprint density at radius 1 is 1.10 bits per heavy atom. The molecule has 5 nitrogen and oxygen atoms in total. The van der Waals surface area contributed by atoms with Crippen LogP contribution in [0.2, 0.25) is 0 Å². The Hall–Kier alpha value is -2.69. The van der Waals surface area contributed by atoms with Crippen LogP contribution in [0.25, 0.3) is 10.9 Å². The summed E-state index contributed by atoms with van der Waals surface area (Å²) in [6.07, 6.45) is 3.09. The van der Waals surface area contributed by atoms with Crippen molar-refractivity contribution >= 4 is 10.9 Å². The zero-order valence-electron chi connectivity index (χ0n) is 11.0. The molecule has 1 aromatic carbocycles. The van der Waals surface area contributed by atoms with Gasteiger partial charge in [0, 0.05) is 13.2 Å². The number of benzene rings is 1. The van der Waals surface area contributed by atoms with Gasteiger partial charge in [-0.25, -0.2) is 4.79 Å². The number of rotatable bonds is 2. The first-order chi connectivity index (χ1) is 9.68. The van der Waals surface area contributed by atoms with Gasteiger partial charge in [-0.05, 0) is 11.6 Å². The Labute approximate surface area is 114 Å². The third-order valence-corrected chi connectivity index (χ3v) is 3.34. The molecule has 3 aromatic rings. The zero-order valence-corrected chi connectivity index (χ0v) is 11.0. The first-order valence-corrected chi connectivity index (χ1v) is 6.26. The van der Waals surface area contributed by atoms with Crippen LogP contribution in [0.3, 0.4) is 0 Å². The number of pyridine rings is 1. The second-order valence-electron chi connectivity index (χ2n) is 4.61. The summed E-state index contributed by atoms with van der Waals surface area (Å²) in [6, 6.07) is 11.1. The van der Waals surface area contributed by atoms with E-state index in [4.69, 9.17) is 0 Å². The largest absolute Gasteiger partial charge is 0.331 e. The van der Waals surface area contributed by atoms with Crippen molar-refractivity contribution < 1.29 is 0 Å². The van der Waals surface area contributed by atoms with Crippen LogP contribution < -0.4 is 11.2 Å². The van der Waals surface area contributed by atoms with Crippen LogP contribution in [-0.4, -0.2) is 14.1 Å². The molecule has 2 heterocycles. The third kappa shape index (κ3) is 1.93. The molecule has 3 rings (SSSR count). The predicted molar refractivity (Wildman–Crippen MR) is 76.8 cm³/mol. The molecule has 5 heteroatoms. The van der Waals surface area contributed by atoms with E-state index in [2.05, 4.69) is 4.98 Å². The normalized spacial score (nSPS) is 10.8. The molecular formula is C15H13N3O2. The smallest absolute Gasteiger partial charge is 0.295 e. The van der Waals surface area contributed by atoms with Gasteiger partial charge in [-0.2, -0.15) is 0 Å². The van der Waals surface area contributed by atoms with E-state index in [0.717, 1.165) is 5.56 Å². The van der Waals surface area contributed by atoms with Gasteiger partial charge in [-0.15, -0.1) is 0 Å². The van der Waals surface area contributed by atoms with E-state index >= 15 is 0 Å². The number of aromatic nitrogens is 3. The standard InChI is InChI=1S/C15H13N3O2/c1-17-13-9-16-8-7-12(13)14(19)18(15(17)20)10-11-5-3-2-4-6-11/h2-9H,10H2,1H3. The first-order valence-electron chi connectivity index (χ1n) is 6.26. The van der Waals surface area contributed by atoms with Gasteiger partial charge in [-0.1, -0.05) is 30.3 Å². The molecule has 0 spiro atoms. The molecule has 0 aliphatic heterocycles. The van der Waals surface area contributed by atoms with Gasteiger partial charge >= 0.3 is 5.69 Å². The first kappa shape index (κ1) is 12.3. The van der Waals surface area contributed by atoms with Gasteiger partial charge in [0.15, 0.2) is 0 Å². The Kier molecular flexibility index (Phi) is 2.95. The lowest BCUT2D eigenvalue weighted by atomic mass is 10.2. The summed E-state index contributed by atoms with van der Waals surface area (Å²) < 4.78 is 2.70. The molecule has 0 saturated heterocycles. The molecule has 0 bridgehead atoms. The lowest BCUT2D eigenvalue weighted by Crippen LogP contribution is -2.39. The van der Waals surface area contributed by atoms with Gasteiger partial charge in [0.05, 0.1) is 23.6 Å². The lowest BCUT2D eigenvalue weighted by molar-refractivity contribution is 0.660. The van der Waals surface area contributed by atoms with Gasteiger partial charge in [0.1, 0.15) is 0 Å². The summed E-state index contributed by atoms with van der Waals surface area (Å²) in [5, 5.41) is 0.498. The maximum absolute atomic E-state index is 12.4. The minimum atomic E-state index is -0.334. The minimum absolute atomic E-state index is 0.268. The lowest BCUT2D eigenvalue weighted by Gasteiger charge is -2.10. The van der Waals surface area contributed by atoms with Crippen LogP contribution in [0, 0.1) is 0 Å². The summed E-state index contributed by atoms with van der Waals surface area (Å²) >= 11 is 0. The average Bonchev–Trinajstić information content (AvgIpc) is 2.50. The highest BCUT2D eigenvalue weighted by Crippen LogP contribution is 2.05. The Morgan fingerprint density at radius 2 is 1.85 bits per heavy atom. The van der Waals surface area contributed by atoms with Crippen molar-refractivity contribution in [3.05, 3.63) is 75.2 Å². The van der Waals surface area contributed by atoms with Gasteiger partial charge in [0.2, 0.25) is 0 Å². The summed E-state index contributed by atoms with van der Waals surface area (Å²) in [4.78, 5) is 28.7. The molecule has 20 heavy (non-hydrogen) atoms. The van der Waals surface area contributed by atoms with Crippen molar-refractivity contribution in [2.24, 2.45) is 7.05 Å². The maximum Gasteiger partial charge on any atom is 0.331 e. The van der Waals surface area contributed by atoms with E-state index in [-0.39, 0.29) is 17.8 Å². The van der Waals surface area contributed by atoms with Gasteiger partial charge in [0.25, 0.3) is 5.56 Å². The molecule has 0 radical (unpaired) electrons. The van der Waals surface area contributed by atoms with Crippen LogP contribution in [0.4, 0.5) is 0 Å². The number of fused-ring (bicyclic) bond motifs is 1. The fraction of sp³-hybridized carbons (Fsp3) is 0.133. The van der Waals surface area contributed by atoms with Crippen molar-refractivity contribution in [3.8, 4) is 0 Å². The van der Waals surface area contributed by atoms with E-state index in [1.807, 2.05) is 30.3 Å². The second kappa shape index (κ2) is 4.77. The minimum Gasteiger partial charge on any atom is -0.295 e. The maximum atomic E-state index is 12.4. The SMILES string of the molecule is Cn1c(=O)n(Cc2ccccc2)c(=O)c2ccncc21. The van der Waals surface area contributed by atoms with Crippen LogP contribution in [0.1, 0.15) is 5.56 Å². The summed E-state index contributed by atoms with van der Waals surface area (Å²) in [5.41, 5.74) is 0.848. The van der Waals surface area contributed by atoms with Crippen molar-refractivity contribution in [2.75, 3.05) is 0 Å². The molecule has 0 unspecified atom stereocenters. The highest BCUT2D eigenvalue weighted by atomic mass is 16.2. The van der Waals surface area contributed by atoms with E-state index in [9.17, 15) is 9.59 Å². The molecule has 0 aliphatic carbocycles. The summed E-state index contributed by atoms with van der Waals surface area (Å²) in [5.74, 6) is 0. The summed E-state index contributed by atoms with van der Waals surface area (Å²) in [6.45, 7) is 0.268. The molecule has 0 amide bonds. The number of aryl methyl sites for hydroxylation is 1. The van der Waals surface area contributed by atoms with E-state index < -0.39 is 0 Å². The predicted octanol–water partition coefficient (Wildman–Crippen LogP) is 1.14. The number of hydrogen-bond donors (Lipinski definition) is 0. The zero-order chi connectivity index (χ0) is 14.1. The van der Waals surface area contributed by atoms with Crippen LogP contribution in [0.15, 0.2) is 58.4 Å². The van der Waals surface area contributed by atoms with E-state index in [0.29, 0.717) is 10.9 Å². The van der Waals surface area contributed by atoms with Crippen LogP contribution >= 0.6 is 0 Å². The fourth-order valence-electron chi connectivity index (χ4n) is 2.26. The van der Waals surface area contributed by atoms with Crippen LogP contribution in [0.5, 0.6) is 0 Å². The van der Waals surface area contributed by atoms with Gasteiger partial charge < -0.3 is 0 Å². The van der Waals surface area contributed by atoms with Crippen molar-refractivity contribution in [1.29, 1.82) is 0 Å². The van der Waals surface area contributed by atoms with Crippen molar-refractivity contribution in [1.82, 2.24) is 14.1 Å². The molecule has 0 N–H and O–H groups in total. The fourth-order valence-corrected chi connectivity index (χ4v) is 2.26. The highest BCUT2D eigenvalue weighted by molar-refractivity contribution is 5.76. The van der Waals surface area contributed by atoms with E-state index in [1.165, 1.54) is 15.3 Å². The van der Waals surface area contributed by atoms with Crippen molar-refractivity contribution in [2.45, 2.75) is 6.54 Å². The molecule has 0 fully saturated rings. The molecule has 2 aromatic heterocycles. The average molecular weight is 267 g/mol. The number of nitrogens with zero attached hydrogens (tertiary/aromatic N) is 3. The van der Waals surface area contributed by atoms with Gasteiger partial charge in [-0.3, -0.25) is 18.9 Å². The quantitative estimate of drug-likeness (QED) is 0.699. The molecular weight excluding hydrogens is 254 g/mol. The third-order valence-electron chi connectivity index (χ3n) is 3.34. The molecule has 0 aliphatic rings. The molecule has 100 valence electrons. The molecule has 0 atom stereocenters. The Balaban J connectivity index is 2.27. The monoisotopic (exact) mass is 267 g/mol. The topological polar surface area (TPSA) is 56.9 Å². The number of hydrogen-bond acceptors (Lipinski definition) is 3. The van der Waals surface area contributed by atoms with Crippen molar-refractivity contribution in [3.63, 3.8) is 0 Å². The van der Waals surface area contributed by atoms with E-state index in [1.54, 1.807) is 19.3 Å².